The average molecular weight is 457 g/mol. The molecule has 0 bridgehead atoms. The molecule has 0 saturated carbocycles. The third-order valence-corrected chi connectivity index (χ3v) is 7.22. The maximum Gasteiger partial charge on any atom is 0.243 e. The summed E-state index contributed by atoms with van der Waals surface area (Å²) in [5.74, 6) is 1.22. The van der Waals surface area contributed by atoms with Gasteiger partial charge in [-0.05, 0) is 61.4 Å². The van der Waals surface area contributed by atoms with Crippen LogP contribution < -0.4 is 10.1 Å². The lowest BCUT2D eigenvalue weighted by Crippen LogP contribution is -2.39. The monoisotopic (exact) mass is 456 g/mol. The van der Waals surface area contributed by atoms with Gasteiger partial charge in [0.15, 0.2) is 0 Å². The largest absolute Gasteiger partial charge is 0.497 e. The first kappa shape index (κ1) is 22.0. The number of carbonyl (C=O) groups excluding carboxylic acids is 1. The Morgan fingerprint density at radius 3 is 2.53 bits per heavy atom. The second kappa shape index (κ2) is 9.09. The van der Waals surface area contributed by atoms with Crippen molar-refractivity contribution >= 4 is 21.6 Å². The lowest BCUT2D eigenvalue weighted by atomic mass is 10.00. The van der Waals surface area contributed by atoms with Crippen LogP contribution >= 0.6 is 0 Å². The minimum atomic E-state index is -3.68. The summed E-state index contributed by atoms with van der Waals surface area (Å²) in [5.41, 5.74) is 1.34. The zero-order valence-electron chi connectivity index (χ0n) is 17.8. The molecule has 0 spiro atoms. The van der Waals surface area contributed by atoms with E-state index >= 15 is 0 Å². The Morgan fingerprint density at radius 2 is 1.88 bits per heavy atom. The average Bonchev–Trinajstić information content (AvgIpc) is 3.30. The van der Waals surface area contributed by atoms with Gasteiger partial charge < -0.3 is 14.6 Å². The second-order valence-electron chi connectivity index (χ2n) is 7.59. The predicted octanol–water partition coefficient (Wildman–Crippen LogP) is 3.27. The normalized spacial score (nSPS) is 17.1. The van der Waals surface area contributed by atoms with Crippen LogP contribution in [0.3, 0.4) is 0 Å². The van der Waals surface area contributed by atoms with Gasteiger partial charge in [0, 0.05) is 31.3 Å². The van der Waals surface area contributed by atoms with Crippen molar-refractivity contribution in [2.45, 2.75) is 30.6 Å². The maximum absolute atomic E-state index is 13.1. The molecule has 1 amide bonds. The molecule has 1 aliphatic rings. The Labute approximate surface area is 186 Å². The molecule has 1 fully saturated rings. The SMILES string of the molecule is COc1ccc(-c2noc([C@@H]3CCCN(S(=O)(=O)c4ccc(NC(C)=O)cc4)C3)n2)cc1. The molecule has 1 N–H and O–H groups in total. The number of hydrogen-bond donors (Lipinski definition) is 1. The molecule has 1 atom stereocenters. The summed E-state index contributed by atoms with van der Waals surface area (Å²) in [7, 11) is -2.09. The quantitative estimate of drug-likeness (QED) is 0.605. The molecular formula is C22H24N4O5S. The van der Waals surface area contributed by atoms with Crippen molar-refractivity contribution in [3.05, 3.63) is 54.4 Å². The first-order valence-electron chi connectivity index (χ1n) is 10.2. The summed E-state index contributed by atoms with van der Waals surface area (Å²) >= 11 is 0. The van der Waals surface area contributed by atoms with Gasteiger partial charge in [-0.1, -0.05) is 5.16 Å². The van der Waals surface area contributed by atoms with E-state index in [2.05, 4.69) is 15.5 Å². The number of nitrogens with one attached hydrogen (secondary N) is 1. The molecule has 0 aliphatic carbocycles. The number of aromatic nitrogens is 2. The van der Waals surface area contributed by atoms with Gasteiger partial charge in [-0.2, -0.15) is 9.29 Å². The van der Waals surface area contributed by atoms with Gasteiger partial charge in [0.2, 0.25) is 27.6 Å². The van der Waals surface area contributed by atoms with Crippen LogP contribution in [-0.4, -0.2) is 49.0 Å². The highest BCUT2D eigenvalue weighted by Crippen LogP contribution is 2.31. The number of sulfonamides is 1. The lowest BCUT2D eigenvalue weighted by molar-refractivity contribution is -0.114. The Hall–Kier alpha value is -3.24. The molecule has 2 heterocycles. The predicted molar refractivity (Wildman–Crippen MR) is 118 cm³/mol. The smallest absolute Gasteiger partial charge is 0.243 e. The number of anilines is 1. The lowest BCUT2D eigenvalue weighted by Gasteiger charge is -2.30. The maximum atomic E-state index is 13.1. The molecule has 168 valence electrons. The number of benzene rings is 2. The molecule has 9 nitrogen and oxygen atoms in total. The molecular weight excluding hydrogens is 432 g/mol. The van der Waals surface area contributed by atoms with E-state index in [4.69, 9.17) is 9.26 Å². The van der Waals surface area contributed by atoms with E-state index < -0.39 is 10.0 Å². The van der Waals surface area contributed by atoms with Crippen molar-refractivity contribution in [1.29, 1.82) is 0 Å². The highest BCUT2D eigenvalue weighted by atomic mass is 32.2. The van der Waals surface area contributed by atoms with Gasteiger partial charge in [-0.15, -0.1) is 0 Å². The number of carbonyl (C=O) groups is 1. The number of nitrogens with zero attached hydrogens (tertiary/aromatic N) is 3. The van der Waals surface area contributed by atoms with Crippen LogP contribution in [0.2, 0.25) is 0 Å². The van der Waals surface area contributed by atoms with E-state index in [-0.39, 0.29) is 23.3 Å². The van der Waals surface area contributed by atoms with E-state index in [1.165, 1.54) is 23.4 Å². The third-order valence-electron chi connectivity index (χ3n) is 5.34. The van der Waals surface area contributed by atoms with Crippen molar-refractivity contribution in [2.75, 3.05) is 25.5 Å². The topological polar surface area (TPSA) is 115 Å². The van der Waals surface area contributed by atoms with Gasteiger partial charge in [0.25, 0.3) is 0 Å². The van der Waals surface area contributed by atoms with E-state index in [9.17, 15) is 13.2 Å². The molecule has 2 aromatic carbocycles. The fraction of sp³-hybridized carbons (Fsp3) is 0.318. The first-order chi connectivity index (χ1) is 15.4. The van der Waals surface area contributed by atoms with Crippen LogP contribution in [0.15, 0.2) is 57.9 Å². The minimum absolute atomic E-state index is 0.178. The summed E-state index contributed by atoms with van der Waals surface area (Å²) < 4.78 is 38.4. The molecule has 4 rings (SSSR count). The van der Waals surface area contributed by atoms with Gasteiger partial charge in [0.1, 0.15) is 5.75 Å². The minimum Gasteiger partial charge on any atom is -0.497 e. The highest BCUT2D eigenvalue weighted by molar-refractivity contribution is 7.89. The molecule has 1 aromatic heterocycles. The summed E-state index contributed by atoms with van der Waals surface area (Å²) in [4.78, 5) is 15.9. The van der Waals surface area contributed by atoms with Gasteiger partial charge >= 0.3 is 0 Å². The molecule has 3 aromatic rings. The van der Waals surface area contributed by atoms with E-state index in [1.54, 1.807) is 19.2 Å². The van der Waals surface area contributed by atoms with E-state index in [0.717, 1.165) is 17.7 Å². The van der Waals surface area contributed by atoms with Crippen LogP contribution in [0.25, 0.3) is 11.4 Å². The van der Waals surface area contributed by atoms with Crippen LogP contribution in [-0.2, 0) is 14.8 Å². The number of ether oxygens (including phenoxy) is 1. The van der Waals surface area contributed by atoms with Crippen LogP contribution in [0.4, 0.5) is 5.69 Å². The number of rotatable bonds is 6. The Balaban J connectivity index is 1.49. The zero-order chi connectivity index (χ0) is 22.7. The number of amides is 1. The standard InChI is InChI=1S/C22H24N4O5S/c1-15(27)23-18-7-11-20(12-8-18)32(28,29)26-13-3-4-17(14-26)22-24-21(25-31-22)16-5-9-19(30-2)10-6-16/h5-12,17H,3-4,13-14H2,1-2H3,(H,23,27)/t17-/m1/s1. The molecule has 32 heavy (non-hydrogen) atoms. The van der Waals surface area contributed by atoms with Crippen molar-refractivity contribution in [3.63, 3.8) is 0 Å². The Bertz CT molecular complexity index is 1190. The van der Waals surface area contributed by atoms with E-state index in [1.807, 2.05) is 24.3 Å². The Morgan fingerprint density at radius 1 is 1.16 bits per heavy atom. The zero-order valence-corrected chi connectivity index (χ0v) is 18.6. The molecule has 0 unspecified atom stereocenters. The number of hydrogen-bond acceptors (Lipinski definition) is 7. The fourth-order valence-corrected chi connectivity index (χ4v) is 5.21. The van der Waals surface area contributed by atoms with Crippen LogP contribution in [0, 0.1) is 0 Å². The molecule has 10 heteroatoms. The third kappa shape index (κ3) is 4.66. The molecule has 1 saturated heterocycles. The summed E-state index contributed by atoms with van der Waals surface area (Å²) in [6.07, 6.45) is 1.45. The van der Waals surface area contributed by atoms with Gasteiger partial charge in [0.05, 0.1) is 17.9 Å². The fourth-order valence-electron chi connectivity index (χ4n) is 3.68. The molecule has 1 aliphatic heterocycles. The van der Waals surface area contributed by atoms with Crippen molar-refractivity contribution in [3.8, 4) is 17.1 Å². The second-order valence-corrected chi connectivity index (χ2v) is 9.53. The van der Waals surface area contributed by atoms with Crippen LogP contribution in [0.1, 0.15) is 31.6 Å². The number of methoxy groups -OCH3 is 1. The summed E-state index contributed by atoms with van der Waals surface area (Å²) in [6.45, 7) is 2.09. The molecule has 0 radical (unpaired) electrons. The summed E-state index contributed by atoms with van der Waals surface area (Å²) in [5, 5.41) is 6.70. The van der Waals surface area contributed by atoms with Crippen molar-refractivity contribution in [2.24, 2.45) is 0 Å². The summed E-state index contributed by atoms with van der Waals surface area (Å²) in [6, 6.07) is 13.5. The van der Waals surface area contributed by atoms with Gasteiger partial charge in [-0.25, -0.2) is 8.42 Å². The first-order valence-corrected chi connectivity index (χ1v) is 11.7. The number of piperidine rings is 1. The highest BCUT2D eigenvalue weighted by Gasteiger charge is 2.33. The van der Waals surface area contributed by atoms with Crippen molar-refractivity contribution < 1.29 is 22.5 Å². The Kier molecular flexibility index (Phi) is 6.24. The van der Waals surface area contributed by atoms with E-state index in [0.29, 0.717) is 30.4 Å². The van der Waals surface area contributed by atoms with Gasteiger partial charge in [-0.3, -0.25) is 4.79 Å². The van der Waals surface area contributed by atoms with Crippen molar-refractivity contribution in [1.82, 2.24) is 14.4 Å². The van der Waals surface area contributed by atoms with Crippen LogP contribution in [0.5, 0.6) is 5.75 Å².